The molecule has 0 aromatic carbocycles. The molecular weight excluding hydrogens is 364 g/mol. The summed E-state index contributed by atoms with van der Waals surface area (Å²) in [7, 11) is 0. The number of thiophene rings is 1. The predicted molar refractivity (Wildman–Crippen MR) is 106 cm³/mol. The highest BCUT2D eigenvalue weighted by molar-refractivity contribution is 8.00. The molecule has 2 aromatic rings. The maximum atomic E-state index is 12.6. The molecule has 26 heavy (non-hydrogen) atoms. The highest BCUT2D eigenvalue weighted by atomic mass is 32.2. The minimum atomic E-state index is -0.145. The van der Waals surface area contributed by atoms with Gasteiger partial charge in [0.1, 0.15) is 5.82 Å². The van der Waals surface area contributed by atoms with E-state index in [0.29, 0.717) is 12.1 Å². The molecule has 0 unspecified atom stereocenters. The molecule has 2 heterocycles. The number of carbonyl (C=O) groups excluding carboxylic acids is 1. The molecule has 0 saturated heterocycles. The normalized spacial score (nSPS) is 19.4. The third-order valence-corrected chi connectivity index (χ3v) is 7.10. The number of thioether (sulfide) groups is 1. The van der Waals surface area contributed by atoms with Crippen molar-refractivity contribution in [3.63, 3.8) is 0 Å². The molecule has 0 spiro atoms. The molecule has 5 nitrogen and oxygen atoms in total. The van der Waals surface area contributed by atoms with Crippen molar-refractivity contribution in [3.8, 4) is 0 Å². The van der Waals surface area contributed by atoms with Crippen LogP contribution < -0.4 is 5.32 Å². The van der Waals surface area contributed by atoms with E-state index in [0.717, 1.165) is 30.2 Å². The average Bonchev–Trinajstić information content (AvgIpc) is 3.20. The lowest BCUT2D eigenvalue weighted by Gasteiger charge is -2.24. The Morgan fingerprint density at radius 2 is 2.12 bits per heavy atom. The Morgan fingerprint density at radius 1 is 1.31 bits per heavy atom. The molecule has 1 atom stereocenters. The van der Waals surface area contributed by atoms with E-state index in [1.807, 2.05) is 6.92 Å². The molecule has 2 fully saturated rings. The van der Waals surface area contributed by atoms with Crippen LogP contribution in [0.15, 0.2) is 22.7 Å². The number of nitrogens with one attached hydrogen (secondary N) is 1. The molecule has 140 valence electrons. The maximum absolute atomic E-state index is 12.6. The first-order valence-corrected chi connectivity index (χ1v) is 11.4. The van der Waals surface area contributed by atoms with Gasteiger partial charge >= 0.3 is 0 Å². The van der Waals surface area contributed by atoms with E-state index in [4.69, 9.17) is 0 Å². The third kappa shape index (κ3) is 4.31. The van der Waals surface area contributed by atoms with E-state index in [-0.39, 0.29) is 11.2 Å². The molecule has 7 heteroatoms. The molecule has 0 aliphatic heterocycles. The summed E-state index contributed by atoms with van der Waals surface area (Å²) in [5.41, 5.74) is 0. The number of nitrogens with zero attached hydrogens (tertiary/aromatic N) is 3. The first-order chi connectivity index (χ1) is 12.7. The molecule has 0 bridgehead atoms. The van der Waals surface area contributed by atoms with Crippen LogP contribution in [-0.2, 0) is 11.2 Å². The topological polar surface area (TPSA) is 59.8 Å². The Morgan fingerprint density at radius 3 is 2.81 bits per heavy atom. The molecule has 2 saturated carbocycles. The maximum Gasteiger partial charge on any atom is 0.233 e. The van der Waals surface area contributed by atoms with Gasteiger partial charge in [-0.05, 0) is 44.1 Å². The minimum Gasteiger partial charge on any atom is -0.352 e. The lowest BCUT2D eigenvalue weighted by atomic mass is 9.95. The zero-order chi connectivity index (χ0) is 17.9. The van der Waals surface area contributed by atoms with Crippen LogP contribution in [0.2, 0.25) is 0 Å². The van der Waals surface area contributed by atoms with E-state index >= 15 is 0 Å². The van der Waals surface area contributed by atoms with Crippen LogP contribution in [0.3, 0.4) is 0 Å². The van der Waals surface area contributed by atoms with Gasteiger partial charge in [-0.2, -0.15) is 0 Å². The summed E-state index contributed by atoms with van der Waals surface area (Å²) in [6.07, 6.45) is 9.19. The fraction of sp³-hybridized carbons (Fsp3) is 0.632. The zero-order valence-corrected chi connectivity index (χ0v) is 16.8. The number of carbonyl (C=O) groups is 1. The smallest absolute Gasteiger partial charge is 0.233 e. The van der Waals surface area contributed by atoms with Crippen LogP contribution in [0.4, 0.5) is 0 Å². The van der Waals surface area contributed by atoms with Crippen molar-refractivity contribution in [2.24, 2.45) is 0 Å². The van der Waals surface area contributed by atoms with Gasteiger partial charge in [-0.1, -0.05) is 37.1 Å². The van der Waals surface area contributed by atoms with Gasteiger partial charge in [0.15, 0.2) is 5.16 Å². The van der Waals surface area contributed by atoms with Gasteiger partial charge in [0.25, 0.3) is 0 Å². The average molecular weight is 391 g/mol. The van der Waals surface area contributed by atoms with Gasteiger partial charge in [-0.3, -0.25) is 4.79 Å². The summed E-state index contributed by atoms with van der Waals surface area (Å²) in [6.45, 7) is 1.98. The Labute approximate surface area is 163 Å². The van der Waals surface area contributed by atoms with Crippen LogP contribution in [0.25, 0.3) is 0 Å². The highest BCUT2D eigenvalue weighted by Crippen LogP contribution is 2.40. The Balaban J connectivity index is 1.42. The van der Waals surface area contributed by atoms with Gasteiger partial charge in [0, 0.05) is 23.4 Å². The lowest BCUT2D eigenvalue weighted by Crippen LogP contribution is -2.40. The molecule has 1 amide bonds. The van der Waals surface area contributed by atoms with Crippen LogP contribution >= 0.6 is 23.1 Å². The van der Waals surface area contributed by atoms with Gasteiger partial charge < -0.3 is 9.88 Å². The molecular formula is C19H26N4OS2. The number of hydrogen-bond donors (Lipinski definition) is 1. The summed E-state index contributed by atoms with van der Waals surface area (Å²) in [4.78, 5) is 13.9. The summed E-state index contributed by atoms with van der Waals surface area (Å²) < 4.78 is 2.27. The highest BCUT2D eigenvalue weighted by Gasteiger charge is 2.31. The van der Waals surface area contributed by atoms with Crippen molar-refractivity contribution in [1.29, 1.82) is 0 Å². The van der Waals surface area contributed by atoms with E-state index in [9.17, 15) is 4.79 Å². The number of aromatic nitrogens is 3. The SMILES string of the molecule is C[C@@H](Sc1nnc(Cc2cccs2)n1C1CC1)C(=O)NC1CCCCC1. The number of amides is 1. The summed E-state index contributed by atoms with van der Waals surface area (Å²) >= 11 is 3.30. The van der Waals surface area contributed by atoms with E-state index in [2.05, 4.69) is 37.6 Å². The Hall–Kier alpha value is -1.34. The number of rotatable bonds is 7. The van der Waals surface area contributed by atoms with Crippen molar-refractivity contribution >= 4 is 29.0 Å². The summed E-state index contributed by atoms with van der Waals surface area (Å²) in [6, 6.07) is 5.08. The predicted octanol–water partition coefficient (Wildman–Crippen LogP) is 4.19. The molecule has 1 N–H and O–H groups in total. The van der Waals surface area contributed by atoms with Gasteiger partial charge in [-0.15, -0.1) is 21.5 Å². The fourth-order valence-corrected chi connectivity index (χ4v) is 5.20. The van der Waals surface area contributed by atoms with E-state index in [1.165, 1.54) is 37.0 Å². The summed E-state index contributed by atoms with van der Waals surface area (Å²) in [5, 5.41) is 15.0. The standard InChI is InChI=1S/C19H26N4OS2/c1-13(18(24)20-14-6-3-2-4-7-14)26-19-22-21-17(23(19)15-9-10-15)12-16-8-5-11-25-16/h5,8,11,13-15H,2-4,6-7,9-10,12H2,1H3,(H,20,24)/t13-/m1/s1. The van der Waals surface area contributed by atoms with Crippen LogP contribution in [0.1, 0.15) is 68.6 Å². The Kier molecular flexibility index (Phi) is 5.64. The monoisotopic (exact) mass is 390 g/mol. The van der Waals surface area contributed by atoms with Gasteiger partial charge in [-0.25, -0.2) is 0 Å². The summed E-state index contributed by atoms with van der Waals surface area (Å²) in [5.74, 6) is 1.16. The van der Waals surface area contributed by atoms with Crippen LogP contribution in [-0.4, -0.2) is 32.0 Å². The lowest BCUT2D eigenvalue weighted by molar-refractivity contribution is -0.121. The second-order valence-corrected chi connectivity index (χ2v) is 9.70. The minimum absolute atomic E-state index is 0.132. The van der Waals surface area contributed by atoms with Crippen molar-refractivity contribution < 1.29 is 4.79 Å². The first-order valence-electron chi connectivity index (χ1n) is 9.64. The second kappa shape index (κ2) is 8.13. The van der Waals surface area contributed by atoms with E-state index < -0.39 is 0 Å². The van der Waals surface area contributed by atoms with Crippen molar-refractivity contribution in [2.75, 3.05) is 0 Å². The molecule has 0 radical (unpaired) electrons. The quantitative estimate of drug-likeness (QED) is 0.720. The second-order valence-electron chi connectivity index (χ2n) is 7.36. The third-order valence-electron chi connectivity index (χ3n) is 5.16. The molecule has 2 aromatic heterocycles. The number of hydrogen-bond acceptors (Lipinski definition) is 5. The van der Waals surface area contributed by atoms with Gasteiger partial charge in [0.05, 0.1) is 5.25 Å². The molecule has 2 aliphatic carbocycles. The van der Waals surface area contributed by atoms with Gasteiger partial charge in [0.2, 0.25) is 5.91 Å². The Bertz CT molecular complexity index is 733. The molecule has 2 aliphatic rings. The molecule has 4 rings (SSSR count). The van der Waals surface area contributed by atoms with Crippen LogP contribution in [0, 0.1) is 0 Å². The zero-order valence-electron chi connectivity index (χ0n) is 15.2. The van der Waals surface area contributed by atoms with Crippen molar-refractivity contribution in [1.82, 2.24) is 20.1 Å². The van der Waals surface area contributed by atoms with Crippen molar-refractivity contribution in [3.05, 3.63) is 28.2 Å². The van der Waals surface area contributed by atoms with Crippen LogP contribution in [0.5, 0.6) is 0 Å². The van der Waals surface area contributed by atoms with Crippen molar-refractivity contribution in [2.45, 2.75) is 80.8 Å². The first kappa shape index (κ1) is 18.0. The van der Waals surface area contributed by atoms with E-state index in [1.54, 1.807) is 23.1 Å². The largest absolute Gasteiger partial charge is 0.352 e. The fourth-order valence-electron chi connectivity index (χ4n) is 3.55.